The molecule has 2 N–H and O–H groups in total. The molecule has 0 aliphatic rings. The van der Waals surface area contributed by atoms with E-state index >= 15 is 0 Å². The first kappa shape index (κ1) is 19.7. The third-order valence-corrected chi connectivity index (χ3v) is 4.14. The van der Waals surface area contributed by atoms with Crippen molar-refractivity contribution in [2.24, 2.45) is 5.73 Å². The van der Waals surface area contributed by atoms with Crippen molar-refractivity contribution in [1.29, 1.82) is 5.26 Å². The van der Waals surface area contributed by atoms with Crippen molar-refractivity contribution in [3.05, 3.63) is 101 Å². The lowest BCUT2D eigenvalue weighted by Gasteiger charge is -2.14. The van der Waals surface area contributed by atoms with Crippen molar-refractivity contribution in [3.63, 3.8) is 0 Å². The SMILES string of the molecule is N#CC(=Cc1ccc(OCc2ccccc2)c(OCc2ccccc2)c1)C(N)=O. The van der Waals surface area contributed by atoms with Gasteiger partial charge in [0.2, 0.25) is 0 Å². The van der Waals surface area contributed by atoms with Crippen LogP contribution >= 0.6 is 0 Å². The quantitative estimate of drug-likeness (QED) is 0.465. The van der Waals surface area contributed by atoms with Gasteiger partial charge in [-0.3, -0.25) is 4.79 Å². The van der Waals surface area contributed by atoms with Crippen molar-refractivity contribution in [2.75, 3.05) is 0 Å². The molecule has 5 nitrogen and oxygen atoms in total. The van der Waals surface area contributed by atoms with E-state index in [4.69, 9.17) is 20.5 Å². The van der Waals surface area contributed by atoms with Crippen molar-refractivity contribution in [2.45, 2.75) is 13.2 Å². The van der Waals surface area contributed by atoms with Crippen LogP contribution in [0.4, 0.5) is 0 Å². The van der Waals surface area contributed by atoms with Crippen LogP contribution in [-0.4, -0.2) is 5.91 Å². The highest BCUT2D eigenvalue weighted by molar-refractivity contribution is 6.00. The Kier molecular flexibility index (Phi) is 6.64. The second kappa shape index (κ2) is 9.77. The molecular weight excluding hydrogens is 364 g/mol. The summed E-state index contributed by atoms with van der Waals surface area (Å²) in [6, 6.07) is 26.6. The normalized spacial score (nSPS) is 10.8. The molecule has 1 amide bonds. The van der Waals surface area contributed by atoms with Gasteiger partial charge in [0.25, 0.3) is 5.91 Å². The molecule has 144 valence electrons. The van der Waals surface area contributed by atoms with Gasteiger partial charge in [-0.25, -0.2) is 0 Å². The van der Waals surface area contributed by atoms with Crippen LogP contribution in [0.3, 0.4) is 0 Å². The Bertz CT molecular complexity index is 1040. The number of carbonyl (C=O) groups is 1. The van der Waals surface area contributed by atoms with Crippen LogP contribution < -0.4 is 15.2 Å². The van der Waals surface area contributed by atoms with Gasteiger partial charge in [0, 0.05) is 0 Å². The summed E-state index contributed by atoms with van der Waals surface area (Å²) in [5.41, 5.74) is 7.76. The number of benzene rings is 3. The van der Waals surface area contributed by atoms with Crippen LogP contribution in [0, 0.1) is 11.3 Å². The maximum Gasteiger partial charge on any atom is 0.259 e. The monoisotopic (exact) mass is 384 g/mol. The molecule has 0 saturated carbocycles. The van der Waals surface area contributed by atoms with Gasteiger partial charge in [-0.15, -0.1) is 0 Å². The number of nitriles is 1. The third-order valence-electron chi connectivity index (χ3n) is 4.14. The van der Waals surface area contributed by atoms with Gasteiger partial charge >= 0.3 is 0 Å². The lowest BCUT2D eigenvalue weighted by atomic mass is 10.1. The number of hydrogen-bond acceptors (Lipinski definition) is 4. The minimum Gasteiger partial charge on any atom is -0.485 e. The molecule has 29 heavy (non-hydrogen) atoms. The Morgan fingerprint density at radius 3 is 1.93 bits per heavy atom. The Morgan fingerprint density at radius 1 is 0.862 bits per heavy atom. The first-order valence-corrected chi connectivity index (χ1v) is 9.05. The molecule has 0 saturated heterocycles. The summed E-state index contributed by atoms with van der Waals surface area (Å²) in [5.74, 6) is 0.309. The minimum absolute atomic E-state index is 0.128. The number of nitrogens with two attached hydrogens (primary N) is 1. The maximum atomic E-state index is 11.3. The molecule has 0 fully saturated rings. The Morgan fingerprint density at radius 2 is 1.41 bits per heavy atom. The average Bonchev–Trinajstić information content (AvgIpc) is 2.76. The zero-order valence-electron chi connectivity index (χ0n) is 15.7. The summed E-state index contributed by atoms with van der Waals surface area (Å²) in [5, 5.41) is 9.07. The maximum absolute atomic E-state index is 11.3. The van der Waals surface area contributed by atoms with E-state index in [9.17, 15) is 4.79 Å². The molecule has 5 heteroatoms. The lowest BCUT2D eigenvalue weighted by Crippen LogP contribution is -2.12. The van der Waals surface area contributed by atoms with E-state index in [-0.39, 0.29) is 5.57 Å². The molecule has 0 spiro atoms. The molecule has 0 bridgehead atoms. The summed E-state index contributed by atoms with van der Waals surface area (Å²) in [4.78, 5) is 11.3. The number of nitrogens with zero attached hydrogens (tertiary/aromatic N) is 1. The van der Waals surface area contributed by atoms with Crippen molar-refractivity contribution in [1.82, 2.24) is 0 Å². The molecule has 0 aromatic heterocycles. The number of primary amides is 1. The first-order valence-electron chi connectivity index (χ1n) is 9.05. The zero-order chi connectivity index (χ0) is 20.5. The van der Waals surface area contributed by atoms with E-state index in [0.29, 0.717) is 30.3 Å². The highest BCUT2D eigenvalue weighted by Crippen LogP contribution is 2.31. The van der Waals surface area contributed by atoms with Gasteiger partial charge in [0.05, 0.1) is 0 Å². The number of carbonyl (C=O) groups excluding carboxylic acids is 1. The van der Waals surface area contributed by atoms with Gasteiger partial charge < -0.3 is 15.2 Å². The van der Waals surface area contributed by atoms with Gasteiger partial charge in [0.15, 0.2) is 11.5 Å². The summed E-state index contributed by atoms with van der Waals surface area (Å²) in [7, 11) is 0. The van der Waals surface area contributed by atoms with Gasteiger partial charge in [-0.2, -0.15) is 5.26 Å². The van der Waals surface area contributed by atoms with Gasteiger partial charge in [0.1, 0.15) is 24.9 Å². The number of rotatable bonds is 8. The second-order valence-corrected chi connectivity index (χ2v) is 6.29. The Labute approximate surface area is 169 Å². The topological polar surface area (TPSA) is 85.3 Å². The lowest BCUT2D eigenvalue weighted by molar-refractivity contribution is -0.114. The molecule has 0 radical (unpaired) electrons. The molecule has 0 atom stereocenters. The number of amides is 1. The zero-order valence-corrected chi connectivity index (χ0v) is 15.7. The van der Waals surface area contributed by atoms with Crippen LogP contribution in [0.15, 0.2) is 84.4 Å². The van der Waals surface area contributed by atoms with E-state index in [1.54, 1.807) is 24.3 Å². The van der Waals surface area contributed by atoms with Crippen LogP contribution in [0.1, 0.15) is 16.7 Å². The molecule has 0 aliphatic heterocycles. The summed E-state index contributed by atoms with van der Waals surface area (Å²) in [6.45, 7) is 0.749. The molecule has 0 unspecified atom stereocenters. The van der Waals surface area contributed by atoms with Crippen molar-refractivity contribution in [3.8, 4) is 17.6 Å². The van der Waals surface area contributed by atoms with E-state index in [0.717, 1.165) is 11.1 Å². The molecule has 3 aromatic carbocycles. The molecule has 3 rings (SSSR count). The van der Waals surface area contributed by atoms with Crippen LogP contribution in [0.25, 0.3) is 6.08 Å². The first-order chi connectivity index (χ1) is 14.2. The number of ether oxygens (including phenoxy) is 2. The fourth-order valence-corrected chi connectivity index (χ4v) is 2.64. The van der Waals surface area contributed by atoms with Crippen molar-refractivity contribution >= 4 is 12.0 Å². The van der Waals surface area contributed by atoms with E-state index in [2.05, 4.69) is 0 Å². The molecule has 0 heterocycles. The minimum atomic E-state index is -0.774. The summed E-state index contributed by atoms with van der Waals surface area (Å²) < 4.78 is 11.9. The van der Waals surface area contributed by atoms with E-state index < -0.39 is 5.91 Å². The predicted molar refractivity (Wildman–Crippen MR) is 111 cm³/mol. The number of hydrogen-bond donors (Lipinski definition) is 1. The average molecular weight is 384 g/mol. The molecular formula is C24H20N2O3. The third kappa shape index (κ3) is 5.72. The van der Waals surface area contributed by atoms with Crippen LogP contribution in [0.5, 0.6) is 11.5 Å². The highest BCUT2D eigenvalue weighted by atomic mass is 16.5. The predicted octanol–water partition coefficient (Wildman–Crippen LogP) is 4.24. The standard InChI is InChI=1S/C24H20N2O3/c25-15-21(24(26)27)13-20-11-12-22(28-16-18-7-3-1-4-8-18)23(14-20)29-17-19-9-5-2-6-10-19/h1-14H,16-17H2,(H2,26,27). The second-order valence-electron chi connectivity index (χ2n) is 6.29. The Balaban J connectivity index is 1.85. The van der Waals surface area contributed by atoms with Gasteiger partial charge in [-0.1, -0.05) is 66.7 Å². The van der Waals surface area contributed by atoms with Crippen LogP contribution in [0.2, 0.25) is 0 Å². The fourth-order valence-electron chi connectivity index (χ4n) is 2.64. The smallest absolute Gasteiger partial charge is 0.259 e. The van der Waals surface area contributed by atoms with E-state index in [1.807, 2.05) is 60.7 Å². The Hall–Kier alpha value is -4.04. The fraction of sp³-hybridized carbons (Fsp3) is 0.0833. The summed E-state index contributed by atoms with van der Waals surface area (Å²) >= 11 is 0. The van der Waals surface area contributed by atoms with Crippen molar-refractivity contribution < 1.29 is 14.3 Å². The molecule has 0 aliphatic carbocycles. The summed E-state index contributed by atoms with van der Waals surface area (Å²) in [6.07, 6.45) is 1.43. The highest BCUT2D eigenvalue weighted by Gasteiger charge is 2.10. The van der Waals surface area contributed by atoms with Gasteiger partial charge in [-0.05, 0) is 34.9 Å². The van der Waals surface area contributed by atoms with E-state index in [1.165, 1.54) is 6.08 Å². The largest absolute Gasteiger partial charge is 0.485 e. The van der Waals surface area contributed by atoms with Crippen LogP contribution in [-0.2, 0) is 18.0 Å². The molecule has 3 aromatic rings.